The fourth-order valence-corrected chi connectivity index (χ4v) is 3.35. The first-order valence-corrected chi connectivity index (χ1v) is 8.02. The molecule has 2 aromatic carbocycles. The fourth-order valence-electron chi connectivity index (χ4n) is 3.35. The molecule has 24 heavy (non-hydrogen) atoms. The van der Waals surface area contributed by atoms with E-state index in [9.17, 15) is 14.7 Å². The standard InChI is InChI=1S/C20H21NO3/c1-13-7-9-16(10-8-13)12-21-18-14(2)5-4-6-17(18)20(24,19(21)23)11-15(3)22/h4-10,24H,11-12H2,1-3H3/t20-/m0/s1. The lowest BCUT2D eigenvalue weighted by molar-refractivity contribution is -0.141. The second-order valence-electron chi connectivity index (χ2n) is 6.59. The summed E-state index contributed by atoms with van der Waals surface area (Å²) in [4.78, 5) is 26.2. The Bertz CT molecular complexity index is 810. The molecule has 4 heteroatoms. The molecule has 3 rings (SSSR count). The van der Waals surface area contributed by atoms with Crippen LogP contribution in [0.2, 0.25) is 0 Å². The van der Waals surface area contributed by atoms with Gasteiger partial charge in [-0.25, -0.2) is 0 Å². The number of carbonyl (C=O) groups excluding carboxylic acids is 2. The highest BCUT2D eigenvalue weighted by atomic mass is 16.3. The quantitative estimate of drug-likeness (QED) is 0.941. The first kappa shape index (κ1) is 16.4. The number of aliphatic hydroxyl groups is 1. The van der Waals surface area contributed by atoms with Crippen LogP contribution in [-0.2, 0) is 21.7 Å². The van der Waals surface area contributed by atoms with Gasteiger partial charge in [0.05, 0.1) is 12.2 Å². The summed E-state index contributed by atoms with van der Waals surface area (Å²) in [5.41, 5.74) is 2.51. The number of hydrogen-bond donors (Lipinski definition) is 1. The molecule has 1 amide bonds. The summed E-state index contributed by atoms with van der Waals surface area (Å²) in [5, 5.41) is 11.0. The summed E-state index contributed by atoms with van der Waals surface area (Å²) in [5.74, 6) is -0.641. The zero-order valence-corrected chi connectivity index (χ0v) is 14.2. The topological polar surface area (TPSA) is 57.6 Å². The van der Waals surface area contributed by atoms with Crippen LogP contribution in [0.15, 0.2) is 42.5 Å². The van der Waals surface area contributed by atoms with Crippen molar-refractivity contribution in [3.63, 3.8) is 0 Å². The smallest absolute Gasteiger partial charge is 0.264 e. The van der Waals surface area contributed by atoms with Gasteiger partial charge in [0.25, 0.3) is 5.91 Å². The van der Waals surface area contributed by atoms with Crippen LogP contribution in [0.5, 0.6) is 0 Å². The Kier molecular flexibility index (Phi) is 4.01. The van der Waals surface area contributed by atoms with Gasteiger partial charge in [0, 0.05) is 12.0 Å². The van der Waals surface area contributed by atoms with Gasteiger partial charge >= 0.3 is 0 Å². The maximum absolute atomic E-state index is 13.0. The van der Waals surface area contributed by atoms with E-state index in [2.05, 4.69) is 0 Å². The van der Waals surface area contributed by atoms with Gasteiger partial charge in [-0.1, -0.05) is 48.0 Å². The number of Topliss-reactive ketones (excluding diaryl/α,β-unsaturated/α-hetero) is 1. The lowest BCUT2D eigenvalue weighted by atomic mass is 9.89. The second-order valence-corrected chi connectivity index (χ2v) is 6.59. The normalized spacial score (nSPS) is 19.5. The Balaban J connectivity index is 2.06. The van der Waals surface area contributed by atoms with Crippen LogP contribution in [0.3, 0.4) is 0 Å². The molecule has 0 radical (unpaired) electrons. The molecule has 0 bridgehead atoms. The molecule has 2 aromatic rings. The third-order valence-electron chi connectivity index (χ3n) is 4.52. The summed E-state index contributed by atoms with van der Waals surface area (Å²) in [6.07, 6.45) is -0.202. The molecule has 0 spiro atoms. The maximum Gasteiger partial charge on any atom is 0.264 e. The van der Waals surface area contributed by atoms with E-state index in [0.717, 1.165) is 16.7 Å². The van der Waals surface area contributed by atoms with Crippen molar-refractivity contribution in [2.75, 3.05) is 4.90 Å². The molecule has 1 aliphatic heterocycles. The predicted octanol–water partition coefficient (Wildman–Crippen LogP) is 3.02. The molecule has 1 heterocycles. The van der Waals surface area contributed by atoms with Crippen LogP contribution in [0.4, 0.5) is 5.69 Å². The van der Waals surface area contributed by atoms with Gasteiger partial charge < -0.3 is 10.0 Å². The van der Waals surface area contributed by atoms with E-state index >= 15 is 0 Å². The minimum Gasteiger partial charge on any atom is -0.375 e. The van der Waals surface area contributed by atoms with Gasteiger partial charge in [-0.05, 0) is 31.9 Å². The highest BCUT2D eigenvalue weighted by Crippen LogP contribution is 2.44. The van der Waals surface area contributed by atoms with Gasteiger partial charge in [0.15, 0.2) is 5.60 Å². The summed E-state index contributed by atoms with van der Waals surface area (Å²) in [6, 6.07) is 13.4. The van der Waals surface area contributed by atoms with Gasteiger partial charge in [0.1, 0.15) is 5.78 Å². The Morgan fingerprint density at radius 3 is 2.42 bits per heavy atom. The van der Waals surface area contributed by atoms with Crippen LogP contribution in [0, 0.1) is 13.8 Å². The van der Waals surface area contributed by atoms with E-state index in [0.29, 0.717) is 17.8 Å². The molecule has 0 aromatic heterocycles. The van der Waals surface area contributed by atoms with Gasteiger partial charge in [-0.3, -0.25) is 9.59 Å². The summed E-state index contributed by atoms with van der Waals surface area (Å²) in [6.45, 7) is 5.68. The molecule has 0 unspecified atom stereocenters. The van der Waals surface area contributed by atoms with Crippen LogP contribution in [-0.4, -0.2) is 16.8 Å². The van der Waals surface area contributed by atoms with Gasteiger partial charge in [-0.15, -0.1) is 0 Å². The van der Waals surface area contributed by atoms with Crippen LogP contribution >= 0.6 is 0 Å². The predicted molar refractivity (Wildman–Crippen MR) is 92.7 cm³/mol. The van der Waals surface area contributed by atoms with Crippen LogP contribution < -0.4 is 4.90 Å². The van der Waals surface area contributed by atoms with E-state index in [-0.39, 0.29) is 12.2 Å². The van der Waals surface area contributed by atoms with Crippen molar-refractivity contribution in [3.8, 4) is 0 Å². The third kappa shape index (κ3) is 2.63. The number of para-hydroxylation sites is 1. The molecule has 1 N–H and O–H groups in total. The Hall–Kier alpha value is -2.46. The van der Waals surface area contributed by atoms with E-state index in [1.165, 1.54) is 6.92 Å². The molecule has 4 nitrogen and oxygen atoms in total. The summed E-state index contributed by atoms with van der Waals surface area (Å²) >= 11 is 0. The molecule has 124 valence electrons. The lowest BCUT2D eigenvalue weighted by Gasteiger charge is -2.22. The number of rotatable bonds is 4. The van der Waals surface area contributed by atoms with Crippen molar-refractivity contribution in [1.82, 2.24) is 0 Å². The van der Waals surface area contributed by atoms with E-state index in [1.807, 2.05) is 50.2 Å². The van der Waals surface area contributed by atoms with Crippen molar-refractivity contribution < 1.29 is 14.7 Å². The van der Waals surface area contributed by atoms with E-state index in [1.54, 1.807) is 11.0 Å². The number of carbonyl (C=O) groups is 2. The summed E-state index contributed by atoms with van der Waals surface area (Å²) in [7, 11) is 0. The highest BCUT2D eigenvalue weighted by Gasteiger charge is 2.50. The number of anilines is 1. The SMILES string of the molecule is CC(=O)C[C@@]1(O)C(=O)N(Cc2ccc(C)cc2)c2c(C)cccc21. The molecule has 0 saturated heterocycles. The molecule has 0 aliphatic carbocycles. The maximum atomic E-state index is 13.0. The van der Waals surface area contributed by atoms with Gasteiger partial charge in [0.2, 0.25) is 0 Å². The van der Waals surface area contributed by atoms with Crippen LogP contribution in [0.25, 0.3) is 0 Å². The largest absolute Gasteiger partial charge is 0.375 e. The number of aryl methyl sites for hydroxylation is 2. The number of hydrogen-bond acceptors (Lipinski definition) is 3. The lowest BCUT2D eigenvalue weighted by Crippen LogP contribution is -2.41. The number of amides is 1. The number of benzene rings is 2. The number of nitrogens with zero attached hydrogens (tertiary/aromatic N) is 1. The first-order valence-electron chi connectivity index (χ1n) is 8.02. The Morgan fingerprint density at radius 2 is 1.79 bits per heavy atom. The Morgan fingerprint density at radius 1 is 1.12 bits per heavy atom. The minimum absolute atomic E-state index is 0.202. The van der Waals surface area contributed by atoms with Crippen LogP contribution in [0.1, 0.15) is 35.6 Å². The average molecular weight is 323 g/mol. The fraction of sp³-hybridized carbons (Fsp3) is 0.300. The minimum atomic E-state index is -1.77. The van der Waals surface area contributed by atoms with Crippen molar-refractivity contribution in [3.05, 3.63) is 64.7 Å². The molecular weight excluding hydrogens is 302 g/mol. The van der Waals surface area contributed by atoms with E-state index in [4.69, 9.17) is 0 Å². The van der Waals surface area contributed by atoms with Crippen molar-refractivity contribution >= 4 is 17.4 Å². The number of ketones is 1. The zero-order chi connectivity index (χ0) is 17.5. The zero-order valence-electron chi connectivity index (χ0n) is 14.2. The average Bonchev–Trinajstić information content (AvgIpc) is 2.72. The van der Waals surface area contributed by atoms with Crippen molar-refractivity contribution in [2.24, 2.45) is 0 Å². The first-order chi connectivity index (χ1) is 11.3. The molecular formula is C20H21NO3. The van der Waals surface area contributed by atoms with Gasteiger partial charge in [-0.2, -0.15) is 0 Å². The summed E-state index contributed by atoms with van der Waals surface area (Å²) < 4.78 is 0. The molecule has 1 aliphatic rings. The second kappa shape index (κ2) is 5.87. The highest BCUT2D eigenvalue weighted by molar-refractivity contribution is 6.09. The monoisotopic (exact) mass is 323 g/mol. The number of fused-ring (bicyclic) bond motifs is 1. The van der Waals surface area contributed by atoms with Crippen molar-refractivity contribution in [1.29, 1.82) is 0 Å². The molecule has 0 saturated carbocycles. The third-order valence-corrected chi connectivity index (χ3v) is 4.52. The molecule has 1 atom stereocenters. The van der Waals surface area contributed by atoms with E-state index < -0.39 is 11.5 Å². The molecule has 0 fully saturated rings. The Labute approximate surface area is 141 Å². The van der Waals surface area contributed by atoms with Crippen molar-refractivity contribution in [2.45, 2.75) is 39.3 Å².